The van der Waals surface area contributed by atoms with E-state index < -0.39 is 0 Å². The molecule has 1 heterocycles. The predicted molar refractivity (Wildman–Crippen MR) is 75.4 cm³/mol. The molecule has 2 N–H and O–H groups in total. The van der Waals surface area contributed by atoms with Gasteiger partial charge in [-0.1, -0.05) is 6.07 Å². The van der Waals surface area contributed by atoms with E-state index in [0.717, 1.165) is 22.7 Å². The van der Waals surface area contributed by atoms with E-state index in [1.54, 1.807) is 7.11 Å². The molecule has 0 fully saturated rings. The van der Waals surface area contributed by atoms with E-state index in [-0.39, 0.29) is 0 Å². The summed E-state index contributed by atoms with van der Waals surface area (Å²) in [7, 11) is 1.64. The second kappa shape index (κ2) is 5.61. The van der Waals surface area contributed by atoms with Gasteiger partial charge in [-0.05, 0) is 31.5 Å². The molecule has 2 aromatic rings. The number of rotatable bonds is 4. The number of benzene rings is 1. The third-order valence-corrected chi connectivity index (χ3v) is 2.76. The molecule has 0 unspecified atom stereocenters. The van der Waals surface area contributed by atoms with Gasteiger partial charge in [-0.15, -0.1) is 0 Å². The highest BCUT2D eigenvalue weighted by Crippen LogP contribution is 2.23. The van der Waals surface area contributed by atoms with Crippen molar-refractivity contribution in [3.05, 3.63) is 47.3 Å². The molecule has 2 rings (SSSR count). The topological polar surface area (TPSA) is 57.4 Å². The van der Waals surface area contributed by atoms with Crippen LogP contribution in [-0.2, 0) is 6.61 Å². The number of hydrogen-bond acceptors (Lipinski definition) is 4. The minimum absolute atomic E-state index is 0.367. The van der Waals surface area contributed by atoms with Crippen LogP contribution in [0.1, 0.15) is 17.0 Å². The number of nitrogens with zero attached hydrogens (tertiary/aromatic N) is 1. The number of pyridine rings is 1. The predicted octanol–water partition coefficient (Wildman–Crippen LogP) is 2.87. The monoisotopic (exact) mass is 258 g/mol. The number of nitrogens with two attached hydrogens (primary N) is 1. The van der Waals surface area contributed by atoms with Crippen LogP contribution in [0.3, 0.4) is 0 Å². The summed E-state index contributed by atoms with van der Waals surface area (Å²) in [4.78, 5) is 4.40. The molecule has 0 aliphatic carbocycles. The van der Waals surface area contributed by atoms with E-state index in [0.29, 0.717) is 18.0 Å². The number of methoxy groups -OCH3 is 1. The van der Waals surface area contributed by atoms with Crippen molar-refractivity contribution in [1.29, 1.82) is 0 Å². The Hall–Kier alpha value is -2.23. The van der Waals surface area contributed by atoms with Crippen LogP contribution in [0, 0.1) is 13.8 Å². The van der Waals surface area contributed by atoms with Crippen LogP contribution in [0.15, 0.2) is 30.3 Å². The maximum absolute atomic E-state index is 5.87. The Morgan fingerprint density at radius 1 is 1.16 bits per heavy atom. The molecule has 19 heavy (non-hydrogen) atoms. The summed E-state index contributed by atoms with van der Waals surface area (Å²) in [6, 6.07) is 9.46. The summed E-state index contributed by atoms with van der Waals surface area (Å²) >= 11 is 0. The lowest BCUT2D eigenvalue weighted by molar-refractivity contribution is 0.301. The van der Waals surface area contributed by atoms with Crippen LogP contribution < -0.4 is 15.2 Å². The average Bonchev–Trinajstić information content (AvgIpc) is 2.39. The summed E-state index contributed by atoms with van der Waals surface area (Å²) < 4.78 is 10.9. The minimum atomic E-state index is 0.367. The first-order chi connectivity index (χ1) is 9.08. The number of ether oxygens (including phenoxy) is 2. The van der Waals surface area contributed by atoms with E-state index in [9.17, 15) is 0 Å². The van der Waals surface area contributed by atoms with Gasteiger partial charge in [0.15, 0.2) is 0 Å². The second-order valence-electron chi connectivity index (χ2n) is 4.47. The number of anilines is 1. The normalized spacial score (nSPS) is 10.3. The van der Waals surface area contributed by atoms with E-state index >= 15 is 0 Å². The zero-order valence-electron chi connectivity index (χ0n) is 11.4. The summed E-state index contributed by atoms with van der Waals surface area (Å²) in [5.41, 5.74) is 9.33. The van der Waals surface area contributed by atoms with Crippen LogP contribution >= 0.6 is 0 Å². The Kier molecular flexibility index (Phi) is 3.90. The molecule has 1 aromatic carbocycles. The molecule has 0 bridgehead atoms. The fourth-order valence-electron chi connectivity index (χ4n) is 1.81. The molecule has 100 valence electrons. The van der Waals surface area contributed by atoms with Gasteiger partial charge < -0.3 is 15.2 Å². The Morgan fingerprint density at radius 2 is 1.95 bits per heavy atom. The summed E-state index contributed by atoms with van der Waals surface area (Å²) in [6.07, 6.45) is 0. The first-order valence-electron chi connectivity index (χ1n) is 6.09. The third kappa shape index (κ3) is 3.37. The molecule has 0 aliphatic rings. The molecule has 1 aromatic heterocycles. The van der Waals surface area contributed by atoms with Gasteiger partial charge >= 0.3 is 0 Å². The largest absolute Gasteiger partial charge is 0.497 e. The molecule has 0 saturated carbocycles. The molecule has 4 heteroatoms. The molecule has 4 nitrogen and oxygen atoms in total. The highest BCUT2D eigenvalue weighted by molar-refractivity contribution is 5.53. The summed E-state index contributed by atoms with van der Waals surface area (Å²) in [5.74, 6) is 1.46. The Labute approximate surface area is 113 Å². The molecule has 0 atom stereocenters. The van der Waals surface area contributed by atoms with Crippen LogP contribution in [0.5, 0.6) is 11.5 Å². The van der Waals surface area contributed by atoms with E-state index in [2.05, 4.69) is 4.98 Å². The third-order valence-electron chi connectivity index (χ3n) is 2.76. The Morgan fingerprint density at radius 3 is 2.68 bits per heavy atom. The Bertz CT molecular complexity index is 582. The van der Waals surface area contributed by atoms with E-state index in [1.807, 2.05) is 44.2 Å². The van der Waals surface area contributed by atoms with Crippen molar-refractivity contribution in [3.63, 3.8) is 0 Å². The molecular weight excluding hydrogens is 240 g/mol. The SMILES string of the molecule is COc1cc(C)nc(COc2cc(C)ccc2N)c1. The van der Waals surface area contributed by atoms with Gasteiger partial charge in [0.25, 0.3) is 0 Å². The van der Waals surface area contributed by atoms with Crippen LogP contribution in [0.4, 0.5) is 5.69 Å². The van der Waals surface area contributed by atoms with Crippen molar-refractivity contribution in [1.82, 2.24) is 4.98 Å². The molecular formula is C15H18N2O2. The van der Waals surface area contributed by atoms with Gasteiger partial charge in [-0.2, -0.15) is 0 Å². The molecule has 0 radical (unpaired) electrons. The second-order valence-corrected chi connectivity index (χ2v) is 4.47. The maximum Gasteiger partial charge on any atom is 0.143 e. The van der Waals surface area contributed by atoms with Gasteiger partial charge in [-0.3, -0.25) is 4.98 Å². The lowest BCUT2D eigenvalue weighted by Crippen LogP contribution is -2.02. The highest BCUT2D eigenvalue weighted by atomic mass is 16.5. The number of nitrogen functional groups attached to an aromatic ring is 1. The van der Waals surface area contributed by atoms with Gasteiger partial charge in [0.05, 0.1) is 18.5 Å². The maximum atomic E-state index is 5.87. The minimum Gasteiger partial charge on any atom is -0.497 e. The van der Waals surface area contributed by atoms with Crippen molar-refractivity contribution >= 4 is 5.69 Å². The van der Waals surface area contributed by atoms with Crippen molar-refractivity contribution in [2.75, 3.05) is 12.8 Å². The Balaban J connectivity index is 2.14. The summed E-state index contributed by atoms with van der Waals surface area (Å²) in [6.45, 7) is 4.29. The van der Waals surface area contributed by atoms with Crippen LogP contribution in [-0.4, -0.2) is 12.1 Å². The number of aromatic nitrogens is 1. The summed E-state index contributed by atoms with van der Waals surface area (Å²) in [5, 5.41) is 0. The first-order valence-corrected chi connectivity index (χ1v) is 6.09. The molecule has 0 saturated heterocycles. The quantitative estimate of drug-likeness (QED) is 0.857. The zero-order chi connectivity index (χ0) is 13.8. The van der Waals surface area contributed by atoms with E-state index in [1.165, 1.54) is 0 Å². The van der Waals surface area contributed by atoms with Gasteiger partial charge in [0.1, 0.15) is 18.1 Å². The lowest BCUT2D eigenvalue weighted by atomic mass is 10.2. The molecule has 0 spiro atoms. The van der Waals surface area contributed by atoms with Crippen molar-refractivity contribution in [3.8, 4) is 11.5 Å². The van der Waals surface area contributed by atoms with E-state index in [4.69, 9.17) is 15.2 Å². The standard InChI is InChI=1S/C15H18N2O2/c1-10-4-5-14(16)15(6-10)19-9-12-8-13(18-3)7-11(2)17-12/h4-8H,9,16H2,1-3H3. The first kappa shape index (κ1) is 13.2. The van der Waals surface area contributed by atoms with Crippen LogP contribution in [0.2, 0.25) is 0 Å². The van der Waals surface area contributed by atoms with Gasteiger partial charge in [0.2, 0.25) is 0 Å². The van der Waals surface area contributed by atoms with Gasteiger partial charge in [0, 0.05) is 17.8 Å². The van der Waals surface area contributed by atoms with Gasteiger partial charge in [-0.25, -0.2) is 0 Å². The van der Waals surface area contributed by atoms with Crippen molar-refractivity contribution in [2.24, 2.45) is 0 Å². The number of hydrogen-bond donors (Lipinski definition) is 1. The fourth-order valence-corrected chi connectivity index (χ4v) is 1.81. The van der Waals surface area contributed by atoms with Crippen molar-refractivity contribution < 1.29 is 9.47 Å². The zero-order valence-corrected chi connectivity index (χ0v) is 11.4. The van der Waals surface area contributed by atoms with Crippen molar-refractivity contribution in [2.45, 2.75) is 20.5 Å². The average molecular weight is 258 g/mol. The molecule has 0 amide bonds. The number of aryl methyl sites for hydroxylation is 2. The highest BCUT2D eigenvalue weighted by Gasteiger charge is 2.04. The fraction of sp³-hybridized carbons (Fsp3) is 0.267. The lowest BCUT2D eigenvalue weighted by Gasteiger charge is -2.10. The van der Waals surface area contributed by atoms with Crippen LogP contribution in [0.25, 0.3) is 0 Å². The smallest absolute Gasteiger partial charge is 0.143 e. The molecule has 0 aliphatic heterocycles.